The lowest BCUT2D eigenvalue weighted by molar-refractivity contribution is 0.0683. The molecule has 25 heavy (non-hydrogen) atoms. The number of aryl methyl sites for hydroxylation is 2. The van der Waals surface area contributed by atoms with Crippen LogP contribution in [0.4, 0.5) is 0 Å². The molecule has 0 unspecified atom stereocenters. The maximum Gasteiger partial charge on any atom is 0.290 e. The van der Waals surface area contributed by atoms with E-state index in [0.717, 1.165) is 35.2 Å². The normalized spacial score (nSPS) is 17.4. The molecule has 6 nitrogen and oxygen atoms in total. The molecule has 6 heteroatoms. The Labute approximate surface area is 145 Å². The van der Waals surface area contributed by atoms with Crippen LogP contribution in [0.15, 0.2) is 33.2 Å². The maximum absolute atomic E-state index is 13.2. The Morgan fingerprint density at radius 1 is 1.36 bits per heavy atom. The molecule has 2 aromatic heterocycles. The van der Waals surface area contributed by atoms with E-state index in [1.54, 1.807) is 7.11 Å². The average molecular weight is 340 g/mol. The summed E-state index contributed by atoms with van der Waals surface area (Å²) in [5.74, 6) is 1.60. The molecule has 1 fully saturated rings. The van der Waals surface area contributed by atoms with Gasteiger partial charge in [0.15, 0.2) is 22.9 Å². The monoisotopic (exact) mass is 340 g/mol. The lowest BCUT2D eigenvalue weighted by Crippen LogP contribution is -2.30. The van der Waals surface area contributed by atoms with Gasteiger partial charge in [0.2, 0.25) is 0 Å². The number of fused-ring (bicyclic) bond motifs is 1. The van der Waals surface area contributed by atoms with Crippen LogP contribution in [0.25, 0.3) is 11.0 Å². The van der Waals surface area contributed by atoms with Gasteiger partial charge in [0.1, 0.15) is 0 Å². The third-order valence-electron chi connectivity index (χ3n) is 4.83. The number of rotatable bonds is 3. The van der Waals surface area contributed by atoms with Crippen molar-refractivity contribution in [3.63, 3.8) is 0 Å². The van der Waals surface area contributed by atoms with Crippen LogP contribution in [0.5, 0.6) is 5.75 Å². The fourth-order valence-corrected chi connectivity index (χ4v) is 3.56. The van der Waals surface area contributed by atoms with Gasteiger partial charge in [-0.15, -0.1) is 0 Å². The number of carbonyl (C=O) groups is 1. The van der Waals surface area contributed by atoms with Gasteiger partial charge in [-0.1, -0.05) is 17.3 Å². The summed E-state index contributed by atoms with van der Waals surface area (Å²) in [6.45, 7) is 4.46. The highest BCUT2D eigenvalue weighted by Gasteiger charge is 2.35. The van der Waals surface area contributed by atoms with Gasteiger partial charge in [-0.3, -0.25) is 4.79 Å². The van der Waals surface area contributed by atoms with E-state index in [2.05, 4.69) is 5.16 Å². The number of carbonyl (C=O) groups excluding carboxylic acids is 1. The maximum atomic E-state index is 13.2. The molecule has 1 amide bonds. The Kier molecular flexibility index (Phi) is 3.75. The third-order valence-corrected chi connectivity index (χ3v) is 4.83. The highest BCUT2D eigenvalue weighted by atomic mass is 16.5. The molecule has 0 aliphatic carbocycles. The van der Waals surface area contributed by atoms with Gasteiger partial charge in [-0.25, -0.2) is 0 Å². The SMILES string of the molecule is COc1cccc2c(C)c(C(=O)N3CCC[C@@H]3c3cc(C)no3)oc12. The van der Waals surface area contributed by atoms with E-state index >= 15 is 0 Å². The molecule has 0 radical (unpaired) electrons. The quantitative estimate of drug-likeness (QED) is 0.720. The van der Waals surface area contributed by atoms with Gasteiger partial charge < -0.3 is 18.6 Å². The van der Waals surface area contributed by atoms with E-state index < -0.39 is 0 Å². The van der Waals surface area contributed by atoms with Crippen LogP contribution in [0, 0.1) is 13.8 Å². The van der Waals surface area contributed by atoms with Crippen molar-refractivity contribution < 1.29 is 18.5 Å². The summed E-state index contributed by atoms with van der Waals surface area (Å²) in [6.07, 6.45) is 1.79. The third kappa shape index (κ3) is 2.49. The molecule has 3 heterocycles. The summed E-state index contributed by atoms with van der Waals surface area (Å²) >= 11 is 0. The highest BCUT2D eigenvalue weighted by molar-refractivity contribution is 6.00. The van der Waals surface area contributed by atoms with Gasteiger partial charge >= 0.3 is 0 Å². The summed E-state index contributed by atoms with van der Waals surface area (Å²) < 4.78 is 16.7. The number of benzene rings is 1. The van der Waals surface area contributed by atoms with Crippen molar-refractivity contribution in [2.45, 2.75) is 32.7 Å². The van der Waals surface area contributed by atoms with Crippen LogP contribution in [0.3, 0.4) is 0 Å². The molecule has 1 aliphatic rings. The Morgan fingerprint density at radius 3 is 2.92 bits per heavy atom. The number of likely N-dealkylation sites (tertiary alicyclic amines) is 1. The van der Waals surface area contributed by atoms with Crippen molar-refractivity contribution in [1.29, 1.82) is 0 Å². The predicted octanol–water partition coefficient (Wildman–Crippen LogP) is 4.02. The molecule has 1 atom stereocenters. The second kappa shape index (κ2) is 5.95. The van der Waals surface area contributed by atoms with Gasteiger partial charge in [-0.05, 0) is 32.8 Å². The number of hydrogen-bond acceptors (Lipinski definition) is 5. The molecule has 0 spiro atoms. The predicted molar refractivity (Wildman–Crippen MR) is 91.8 cm³/mol. The van der Waals surface area contributed by atoms with E-state index in [0.29, 0.717) is 23.6 Å². The standard InChI is InChI=1S/C19H20N2O4/c1-11-10-16(25-20-11)14-7-5-9-21(14)19(22)17-12(2)13-6-4-8-15(23-3)18(13)24-17/h4,6,8,10,14H,5,7,9H2,1-3H3/t14-/m1/s1. The summed E-state index contributed by atoms with van der Waals surface area (Å²) in [4.78, 5) is 15.0. The fraction of sp³-hybridized carbons (Fsp3) is 0.368. The van der Waals surface area contributed by atoms with Crippen LogP contribution >= 0.6 is 0 Å². The molecule has 1 aromatic carbocycles. The van der Waals surface area contributed by atoms with E-state index in [9.17, 15) is 4.79 Å². The number of para-hydroxylation sites is 1. The molecule has 4 rings (SSSR count). The number of methoxy groups -OCH3 is 1. The van der Waals surface area contributed by atoms with Crippen molar-refractivity contribution in [3.8, 4) is 5.75 Å². The molecular weight excluding hydrogens is 320 g/mol. The minimum absolute atomic E-state index is 0.0943. The van der Waals surface area contributed by atoms with Crippen molar-refractivity contribution in [1.82, 2.24) is 10.1 Å². The number of ether oxygens (including phenoxy) is 1. The zero-order chi connectivity index (χ0) is 17.6. The Bertz CT molecular complexity index is 940. The van der Waals surface area contributed by atoms with Crippen LogP contribution in [-0.2, 0) is 0 Å². The van der Waals surface area contributed by atoms with Gasteiger partial charge in [0, 0.05) is 23.6 Å². The minimum atomic E-state index is -0.118. The van der Waals surface area contributed by atoms with Crippen molar-refractivity contribution in [2.75, 3.05) is 13.7 Å². The highest BCUT2D eigenvalue weighted by Crippen LogP contribution is 2.37. The van der Waals surface area contributed by atoms with E-state index in [1.165, 1.54) is 0 Å². The molecular formula is C19H20N2O4. The van der Waals surface area contributed by atoms with Crippen molar-refractivity contribution >= 4 is 16.9 Å². The lowest BCUT2D eigenvalue weighted by Gasteiger charge is -2.21. The summed E-state index contributed by atoms with van der Waals surface area (Å²) in [5, 5.41) is 4.85. The Hall–Kier alpha value is -2.76. The second-order valence-corrected chi connectivity index (χ2v) is 6.42. The van der Waals surface area contributed by atoms with Crippen molar-refractivity contribution in [2.24, 2.45) is 0 Å². The molecule has 130 valence electrons. The first-order valence-electron chi connectivity index (χ1n) is 8.40. The largest absolute Gasteiger partial charge is 0.493 e. The smallest absolute Gasteiger partial charge is 0.290 e. The molecule has 3 aromatic rings. The van der Waals surface area contributed by atoms with Crippen LogP contribution in [0.2, 0.25) is 0 Å². The molecule has 0 saturated carbocycles. The van der Waals surface area contributed by atoms with Crippen molar-refractivity contribution in [3.05, 3.63) is 47.0 Å². The van der Waals surface area contributed by atoms with Gasteiger partial charge in [0.25, 0.3) is 5.91 Å². The molecule has 0 bridgehead atoms. The van der Waals surface area contributed by atoms with Crippen LogP contribution in [-0.4, -0.2) is 29.6 Å². The first-order valence-corrected chi connectivity index (χ1v) is 8.40. The lowest BCUT2D eigenvalue weighted by atomic mass is 10.1. The molecule has 1 aliphatic heterocycles. The zero-order valence-electron chi connectivity index (χ0n) is 14.5. The molecule has 1 saturated heterocycles. The topological polar surface area (TPSA) is 68.7 Å². The van der Waals surface area contributed by atoms with Crippen LogP contribution < -0.4 is 4.74 Å². The summed E-state index contributed by atoms with van der Waals surface area (Å²) in [6, 6.07) is 7.46. The Morgan fingerprint density at radius 2 is 2.20 bits per heavy atom. The second-order valence-electron chi connectivity index (χ2n) is 6.42. The van der Waals surface area contributed by atoms with E-state index in [-0.39, 0.29) is 11.9 Å². The van der Waals surface area contributed by atoms with Gasteiger partial charge in [0.05, 0.1) is 18.8 Å². The zero-order valence-corrected chi connectivity index (χ0v) is 14.5. The number of furan rings is 1. The average Bonchev–Trinajstić information content (AvgIpc) is 3.33. The van der Waals surface area contributed by atoms with E-state index in [4.69, 9.17) is 13.7 Å². The minimum Gasteiger partial charge on any atom is -0.493 e. The Balaban J connectivity index is 1.73. The number of hydrogen-bond donors (Lipinski definition) is 0. The summed E-state index contributed by atoms with van der Waals surface area (Å²) in [5.41, 5.74) is 2.26. The molecule has 0 N–H and O–H groups in total. The number of nitrogens with zero attached hydrogens (tertiary/aromatic N) is 2. The fourth-order valence-electron chi connectivity index (χ4n) is 3.56. The van der Waals surface area contributed by atoms with Crippen LogP contribution in [0.1, 0.15) is 46.5 Å². The number of amides is 1. The number of aromatic nitrogens is 1. The first kappa shape index (κ1) is 15.7. The first-order chi connectivity index (χ1) is 12.1. The summed E-state index contributed by atoms with van der Waals surface area (Å²) in [7, 11) is 1.59. The van der Waals surface area contributed by atoms with E-state index in [1.807, 2.05) is 43.0 Å². The van der Waals surface area contributed by atoms with Gasteiger partial charge in [-0.2, -0.15) is 0 Å².